The molecule has 1 aromatic heterocycles. The van der Waals surface area contributed by atoms with Gasteiger partial charge in [-0.3, -0.25) is 4.79 Å². The molecule has 3 aromatic rings. The zero-order valence-electron chi connectivity index (χ0n) is 15.7. The first-order valence-electron chi connectivity index (χ1n) is 8.66. The first-order valence-corrected chi connectivity index (χ1v) is 10.3. The van der Waals surface area contributed by atoms with Crippen molar-refractivity contribution in [3.63, 3.8) is 0 Å². The molecule has 0 bridgehead atoms. The summed E-state index contributed by atoms with van der Waals surface area (Å²) in [5.41, 5.74) is 2.88. The molecule has 3 rings (SSSR count). The van der Waals surface area contributed by atoms with E-state index in [0.29, 0.717) is 11.1 Å². The Morgan fingerprint density at radius 1 is 1.25 bits per heavy atom. The van der Waals surface area contributed by atoms with Crippen molar-refractivity contribution in [1.82, 2.24) is 10.2 Å². The third kappa shape index (κ3) is 5.59. The minimum atomic E-state index is -0.396. The molecule has 2 aromatic carbocycles. The molecule has 146 valence electrons. The summed E-state index contributed by atoms with van der Waals surface area (Å²) in [6.45, 7) is 5.95. The van der Waals surface area contributed by atoms with Crippen LogP contribution in [0, 0.1) is 13.8 Å². The van der Waals surface area contributed by atoms with Crippen molar-refractivity contribution >= 4 is 39.3 Å². The highest BCUT2D eigenvalue weighted by Gasteiger charge is 2.19. The maximum absolute atomic E-state index is 12.4. The summed E-state index contributed by atoms with van der Waals surface area (Å²) in [6, 6.07) is 13.4. The maximum Gasteiger partial charge on any atom is 0.277 e. The van der Waals surface area contributed by atoms with Crippen LogP contribution in [0.25, 0.3) is 0 Å². The number of aryl methyl sites for hydroxylation is 2. The Bertz CT molecular complexity index is 977. The van der Waals surface area contributed by atoms with Crippen LogP contribution < -0.4 is 10.1 Å². The fraction of sp³-hybridized carbons (Fsp3) is 0.250. The van der Waals surface area contributed by atoms with E-state index in [1.165, 1.54) is 11.8 Å². The van der Waals surface area contributed by atoms with Gasteiger partial charge in [-0.2, -0.15) is 0 Å². The van der Waals surface area contributed by atoms with Gasteiger partial charge in [0.15, 0.2) is 6.61 Å². The average molecular weight is 462 g/mol. The lowest BCUT2D eigenvalue weighted by Crippen LogP contribution is -2.22. The fourth-order valence-corrected chi connectivity index (χ4v) is 3.46. The number of ether oxygens (including phenoxy) is 1. The first-order chi connectivity index (χ1) is 13.4. The maximum atomic E-state index is 12.4. The highest BCUT2D eigenvalue weighted by molar-refractivity contribution is 9.10. The van der Waals surface area contributed by atoms with Crippen molar-refractivity contribution < 1.29 is 13.9 Å². The Morgan fingerprint density at radius 2 is 2.07 bits per heavy atom. The number of hydrogen-bond donors (Lipinski definition) is 1. The molecule has 1 N–H and O–H groups in total. The Kier molecular flexibility index (Phi) is 6.74. The molecule has 0 radical (unpaired) electrons. The van der Waals surface area contributed by atoms with E-state index in [4.69, 9.17) is 9.15 Å². The number of carbonyl (C=O) groups excluding carboxylic acids is 1. The molecule has 0 fully saturated rings. The Morgan fingerprint density at radius 3 is 2.86 bits per heavy atom. The largest absolute Gasteiger partial charge is 0.484 e. The lowest BCUT2D eigenvalue weighted by molar-refractivity contribution is -0.115. The van der Waals surface area contributed by atoms with E-state index in [1.807, 2.05) is 56.3 Å². The van der Waals surface area contributed by atoms with E-state index in [-0.39, 0.29) is 12.5 Å². The number of nitrogens with one attached hydrogen (secondary N) is 1. The van der Waals surface area contributed by atoms with Crippen LogP contribution in [0.2, 0.25) is 0 Å². The van der Waals surface area contributed by atoms with E-state index in [1.54, 1.807) is 6.92 Å². The van der Waals surface area contributed by atoms with E-state index in [9.17, 15) is 4.79 Å². The number of anilines is 1. The normalized spacial score (nSPS) is 11.9. The third-order valence-electron chi connectivity index (χ3n) is 3.88. The Balaban J connectivity index is 1.54. The fourth-order valence-electron chi connectivity index (χ4n) is 2.36. The molecule has 1 amide bonds. The van der Waals surface area contributed by atoms with Gasteiger partial charge in [-0.25, -0.2) is 0 Å². The summed E-state index contributed by atoms with van der Waals surface area (Å²) in [5.74, 6) is 1.01. The predicted molar refractivity (Wildman–Crippen MR) is 113 cm³/mol. The van der Waals surface area contributed by atoms with Gasteiger partial charge in [-0.15, -0.1) is 10.2 Å². The molecule has 0 spiro atoms. The second-order valence-electron chi connectivity index (χ2n) is 6.28. The van der Waals surface area contributed by atoms with E-state index in [0.717, 1.165) is 27.0 Å². The number of nitrogens with zero attached hydrogens (tertiary/aromatic N) is 2. The van der Waals surface area contributed by atoms with Gasteiger partial charge in [0.25, 0.3) is 11.1 Å². The van der Waals surface area contributed by atoms with E-state index >= 15 is 0 Å². The monoisotopic (exact) mass is 461 g/mol. The molecule has 0 aliphatic carbocycles. The number of amides is 1. The van der Waals surface area contributed by atoms with Crippen LogP contribution in [0.5, 0.6) is 5.75 Å². The molecule has 1 unspecified atom stereocenters. The number of rotatable bonds is 7. The van der Waals surface area contributed by atoms with Crippen molar-refractivity contribution in [1.29, 1.82) is 0 Å². The minimum absolute atomic E-state index is 0.144. The number of carbonyl (C=O) groups is 1. The van der Waals surface area contributed by atoms with Gasteiger partial charge in [0.2, 0.25) is 5.91 Å². The van der Waals surface area contributed by atoms with Gasteiger partial charge in [0, 0.05) is 10.2 Å². The average Bonchev–Trinajstić information content (AvgIpc) is 3.10. The number of benzene rings is 2. The van der Waals surface area contributed by atoms with Crippen molar-refractivity contribution in [3.8, 4) is 5.75 Å². The lowest BCUT2D eigenvalue weighted by atomic mass is 10.1. The molecular formula is C20H20BrN3O3S. The summed E-state index contributed by atoms with van der Waals surface area (Å²) in [5, 5.41) is 10.8. The summed E-state index contributed by atoms with van der Waals surface area (Å²) < 4.78 is 12.3. The van der Waals surface area contributed by atoms with Gasteiger partial charge in [0.05, 0.1) is 5.25 Å². The van der Waals surface area contributed by atoms with Gasteiger partial charge in [-0.1, -0.05) is 45.9 Å². The quantitative estimate of drug-likeness (QED) is 0.490. The molecular weight excluding hydrogens is 442 g/mol. The number of hydrogen-bond acceptors (Lipinski definition) is 6. The van der Waals surface area contributed by atoms with Crippen molar-refractivity contribution in [2.45, 2.75) is 37.9 Å². The van der Waals surface area contributed by atoms with Gasteiger partial charge in [-0.05, 0) is 56.2 Å². The van der Waals surface area contributed by atoms with Crippen LogP contribution >= 0.6 is 27.7 Å². The molecule has 0 saturated carbocycles. The SMILES string of the molecule is Cc1ccc(C)c(OCc2nnc(SC(C)C(=O)Nc3cccc(Br)c3)o2)c1. The highest BCUT2D eigenvalue weighted by atomic mass is 79.9. The first kappa shape index (κ1) is 20.4. The summed E-state index contributed by atoms with van der Waals surface area (Å²) in [4.78, 5) is 12.4. The van der Waals surface area contributed by atoms with Crippen LogP contribution in [0.1, 0.15) is 23.9 Å². The number of aromatic nitrogens is 2. The zero-order valence-corrected chi connectivity index (χ0v) is 18.1. The van der Waals surface area contributed by atoms with Crippen LogP contribution in [-0.4, -0.2) is 21.4 Å². The number of halogens is 1. The van der Waals surface area contributed by atoms with Crippen LogP contribution in [0.15, 0.2) is 56.6 Å². The topological polar surface area (TPSA) is 77.2 Å². The standard InChI is InChI=1S/C20H20BrN3O3S/c1-12-7-8-13(2)17(9-12)26-11-18-23-24-20(27-18)28-14(3)19(25)22-16-6-4-5-15(21)10-16/h4-10,14H,11H2,1-3H3,(H,22,25). The minimum Gasteiger partial charge on any atom is -0.484 e. The van der Waals surface area contributed by atoms with Gasteiger partial charge < -0.3 is 14.5 Å². The van der Waals surface area contributed by atoms with Crippen LogP contribution in [0.4, 0.5) is 5.69 Å². The predicted octanol–water partition coefficient (Wildman–Crippen LogP) is 5.15. The Hall–Kier alpha value is -2.32. The molecule has 1 atom stereocenters. The molecule has 0 aliphatic rings. The van der Waals surface area contributed by atoms with Gasteiger partial charge in [0.1, 0.15) is 5.75 Å². The summed E-state index contributed by atoms with van der Waals surface area (Å²) in [6.07, 6.45) is 0. The summed E-state index contributed by atoms with van der Waals surface area (Å²) >= 11 is 4.59. The third-order valence-corrected chi connectivity index (χ3v) is 5.31. The Labute approximate surface area is 176 Å². The molecule has 28 heavy (non-hydrogen) atoms. The number of thioether (sulfide) groups is 1. The molecule has 0 saturated heterocycles. The molecule has 8 heteroatoms. The van der Waals surface area contributed by atoms with Crippen molar-refractivity contribution in [2.75, 3.05) is 5.32 Å². The van der Waals surface area contributed by atoms with Crippen LogP contribution in [0.3, 0.4) is 0 Å². The molecule has 1 heterocycles. The smallest absolute Gasteiger partial charge is 0.277 e. The second kappa shape index (κ2) is 9.25. The van der Waals surface area contributed by atoms with Gasteiger partial charge >= 0.3 is 0 Å². The van der Waals surface area contributed by atoms with Crippen molar-refractivity contribution in [3.05, 3.63) is 64.0 Å². The zero-order chi connectivity index (χ0) is 20.1. The second-order valence-corrected chi connectivity index (χ2v) is 8.49. The highest BCUT2D eigenvalue weighted by Crippen LogP contribution is 2.25. The molecule has 0 aliphatic heterocycles. The van der Waals surface area contributed by atoms with Crippen molar-refractivity contribution in [2.24, 2.45) is 0 Å². The van der Waals surface area contributed by atoms with E-state index < -0.39 is 5.25 Å². The molecule has 6 nitrogen and oxygen atoms in total. The van der Waals surface area contributed by atoms with Crippen LogP contribution in [-0.2, 0) is 11.4 Å². The lowest BCUT2D eigenvalue weighted by Gasteiger charge is -2.10. The summed E-state index contributed by atoms with van der Waals surface area (Å²) in [7, 11) is 0. The van der Waals surface area contributed by atoms with E-state index in [2.05, 4.69) is 31.4 Å².